The highest BCUT2D eigenvalue weighted by Crippen LogP contribution is 2.21. The Morgan fingerprint density at radius 3 is 1.56 bits per heavy atom. The first-order valence-corrected chi connectivity index (χ1v) is 11.8. The summed E-state index contributed by atoms with van der Waals surface area (Å²) in [4.78, 5) is 0. The number of anilines is 2. The van der Waals surface area contributed by atoms with Crippen molar-refractivity contribution >= 4 is 33.2 Å². The van der Waals surface area contributed by atoms with Crippen LogP contribution >= 0.6 is 0 Å². The monoisotopic (exact) mass is 682 g/mol. The van der Waals surface area contributed by atoms with Gasteiger partial charge in [0.25, 0.3) is 0 Å². The fourth-order valence-electron chi connectivity index (χ4n) is 4.63. The first-order valence-electron chi connectivity index (χ1n) is 11.8. The van der Waals surface area contributed by atoms with Crippen LogP contribution in [0.3, 0.4) is 0 Å². The normalized spacial score (nSPS) is 15.1. The van der Waals surface area contributed by atoms with Gasteiger partial charge in [-0.1, -0.05) is 24.3 Å². The molecule has 0 aliphatic carbocycles. The Bertz CT molecular complexity index is 1120. The third-order valence-corrected chi connectivity index (χ3v) is 6.27. The minimum absolute atomic E-state index is 0. The molecule has 2 aliphatic rings. The Morgan fingerprint density at radius 1 is 0.588 bits per heavy atom. The number of pyridine rings is 2. The van der Waals surface area contributed by atoms with Gasteiger partial charge in [0.05, 0.1) is 35.4 Å². The minimum atomic E-state index is 0. The molecule has 0 fully saturated rings. The van der Waals surface area contributed by atoms with Crippen molar-refractivity contribution in [2.24, 2.45) is 0 Å². The van der Waals surface area contributed by atoms with Crippen LogP contribution < -0.4 is 67.7 Å². The predicted molar refractivity (Wildman–Crippen MR) is 130 cm³/mol. The Morgan fingerprint density at radius 2 is 1.06 bits per heavy atom. The molecule has 7 heteroatoms. The Hall–Kier alpha value is -1.72. The molecule has 0 amide bonds. The molecule has 0 saturated carbocycles. The first kappa shape index (κ1) is 26.9. The van der Waals surface area contributed by atoms with Crippen LogP contribution in [-0.2, 0) is 17.8 Å². The number of hydrogen-bond donors (Lipinski definition) is 2. The fraction of sp³-hybridized carbons (Fsp3) is 0.333. The van der Waals surface area contributed by atoms with Gasteiger partial charge in [-0.05, 0) is 18.6 Å². The van der Waals surface area contributed by atoms with Gasteiger partial charge >= 0.3 is 0 Å². The van der Waals surface area contributed by atoms with Crippen LogP contribution in [-0.4, -0.2) is 26.3 Å². The van der Waals surface area contributed by atoms with Crippen LogP contribution in [0.25, 0.3) is 21.8 Å². The molecule has 180 valence electrons. The zero-order chi connectivity index (χ0) is 21.6. The highest BCUT2D eigenvalue weighted by molar-refractivity contribution is 5.89. The largest absolute Gasteiger partial charge is 1.00 e. The third-order valence-electron chi connectivity index (χ3n) is 6.27. The number of halogens is 2. The van der Waals surface area contributed by atoms with Gasteiger partial charge in [-0.25, -0.2) is 0 Å². The molecule has 4 bridgehead atoms. The average molecular weight is 682 g/mol. The first-order chi connectivity index (χ1) is 15.9. The SMILES string of the molecule is [I-].[I-].c1ccc2c(c1)c1cc[n+]2CCCCC[n+]2ccc(c3ccccc32)NCCOCCN1. The summed E-state index contributed by atoms with van der Waals surface area (Å²) < 4.78 is 10.7. The van der Waals surface area contributed by atoms with Crippen molar-refractivity contribution in [2.45, 2.75) is 32.4 Å². The average Bonchev–Trinajstić information content (AvgIpc) is 2.84. The lowest BCUT2D eigenvalue weighted by atomic mass is 10.1. The standard InChI is InChI=1S/C27H30N4O.2HI/c1-6-16-30-18-12-24(22-8-2-4-10-26(22)30)28-14-20-32-21-15-29-25-13-19-31(17-7-1)27-11-5-3-9-23(25)27;;/h2-5,8-13,18-19H,1,6-7,14-17,20-21H2;2*1H. The second-order valence-corrected chi connectivity index (χ2v) is 8.41. The molecular formula is C27H32I2N4O. The van der Waals surface area contributed by atoms with Crippen molar-refractivity contribution in [3.8, 4) is 0 Å². The third kappa shape index (κ3) is 6.28. The summed E-state index contributed by atoms with van der Waals surface area (Å²) in [6.45, 7) is 5.03. The van der Waals surface area contributed by atoms with Crippen molar-refractivity contribution < 1.29 is 61.8 Å². The summed E-state index contributed by atoms with van der Waals surface area (Å²) in [5.74, 6) is 0. The van der Waals surface area contributed by atoms with Gasteiger partial charge in [0.15, 0.2) is 12.4 Å². The van der Waals surface area contributed by atoms with Crippen molar-refractivity contribution in [3.63, 3.8) is 0 Å². The number of nitrogens with zero attached hydrogens (tertiary/aromatic N) is 2. The van der Waals surface area contributed by atoms with E-state index in [1.54, 1.807) is 0 Å². The number of rotatable bonds is 0. The summed E-state index contributed by atoms with van der Waals surface area (Å²) in [6.07, 6.45) is 7.99. The minimum Gasteiger partial charge on any atom is -1.00 e. The smallest absolute Gasteiger partial charge is 0.214 e. The van der Waals surface area contributed by atoms with Gasteiger partial charge in [-0.15, -0.1) is 0 Å². The molecule has 0 spiro atoms. The van der Waals surface area contributed by atoms with Crippen molar-refractivity contribution in [1.82, 2.24) is 0 Å². The molecule has 4 aromatic rings. The highest BCUT2D eigenvalue weighted by Gasteiger charge is 2.14. The molecule has 2 N–H and O–H groups in total. The second kappa shape index (κ2) is 13.4. The molecule has 2 aliphatic heterocycles. The number of aryl methyl sites for hydroxylation is 2. The van der Waals surface area contributed by atoms with Crippen molar-refractivity contribution in [2.75, 3.05) is 36.9 Å². The molecule has 34 heavy (non-hydrogen) atoms. The quantitative estimate of drug-likeness (QED) is 0.132. The maximum Gasteiger partial charge on any atom is 0.214 e. The van der Waals surface area contributed by atoms with Crippen LogP contribution in [0.5, 0.6) is 0 Å². The number of para-hydroxylation sites is 2. The van der Waals surface area contributed by atoms with E-state index in [1.165, 1.54) is 52.4 Å². The summed E-state index contributed by atoms with van der Waals surface area (Å²) in [5.41, 5.74) is 4.92. The molecule has 6 rings (SSSR count). The Balaban J connectivity index is 0.00000162. The van der Waals surface area contributed by atoms with Crippen LogP contribution in [0.4, 0.5) is 11.4 Å². The number of fused-ring (bicyclic) bond motifs is 12. The van der Waals surface area contributed by atoms with Crippen LogP contribution in [0, 0.1) is 0 Å². The van der Waals surface area contributed by atoms with E-state index in [0.717, 1.165) is 26.2 Å². The summed E-state index contributed by atoms with van der Waals surface area (Å²) >= 11 is 0. The lowest BCUT2D eigenvalue weighted by Gasteiger charge is -2.12. The Kier molecular flexibility index (Phi) is 10.6. The van der Waals surface area contributed by atoms with Crippen LogP contribution in [0.2, 0.25) is 0 Å². The van der Waals surface area contributed by atoms with E-state index in [1.807, 2.05) is 0 Å². The van der Waals surface area contributed by atoms with Gasteiger partial charge in [-0.3, -0.25) is 0 Å². The molecule has 5 nitrogen and oxygen atoms in total. The zero-order valence-corrected chi connectivity index (χ0v) is 23.7. The van der Waals surface area contributed by atoms with Crippen molar-refractivity contribution in [1.29, 1.82) is 0 Å². The molecule has 2 aromatic carbocycles. The molecule has 0 atom stereocenters. The Labute approximate surface area is 235 Å². The number of benzene rings is 2. The molecular weight excluding hydrogens is 650 g/mol. The maximum absolute atomic E-state index is 5.88. The number of nitrogens with one attached hydrogen (secondary N) is 2. The molecule has 0 saturated heterocycles. The summed E-state index contributed by atoms with van der Waals surface area (Å²) in [5, 5.41) is 9.66. The van der Waals surface area contributed by atoms with Gasteiger partial charge in [-0.2, -0.15) is 9.13 Å². The van der Waals surface area contributed by atoms with E-state index in [9.17, 15) is 0 Å². The molecule has 4 heterocycles. The summed E-state index contributed by atoms with van der Waals surface area (Å²) in [7, 11) is 0. The van der Waals surface area contributed by atoms with E-state index in [0.29, 0.717) is 13.2 Å². The number of ether oxygens (including phenoxy) is 1. The topological polar surface area (TPSA) is 41.0 Å². The number of hydrogen-bond acceptors (Lipinski definition) is 3. The predicted octanol–water partition coefficient (Wildman–Crippen LogP) is -1.70. The lowest BCUT2D eigenvalue weighted by molar-refractivity contribution is -0.675. The van der Waals surface area contributed by atoms with E-state index < -0.39 is 0 Å². The van der Waals surface area contributed by atoms with E-state index in [4.69, 9.17) is 4.74 Å². The lowest BCUT2D eigenvalue weighted by Crippen LogP contribution is -3.00. The van der Waals surface area contributed by atoms with Crippen LogP contribution in [0.15, 0.2) is 73.1 Å². The van der Waals surface area contributed by atoms with Gasteiger partial charge < -0.3 is 63.3 Å². The fourth-order valence-corrected chi connectivity index (χ4v) is 4.63. The molecule has 0 radical (unpaired) electrons. The van der Waals surface area contributed by atoms with E-state index in [-0.39, 0.29) is 48.0 Å². The van der Waals surface area contributed by atoms with E-state index in [2.05, 4.69) is 92.8 Å². The summed E-state index contributed by atoms with van der Waals surface area (Å²) in [6, 6.07) is 21.7. The number of aromatic nitrogens is 2. The molecule has 2 aromatic heterocycles. The maximum atomic E-state index is 5.88. The second-order valence-electron chi connectivity index (χ2n) is 8.41. The van der Waals surface area contributed by atoms with Crippen molar-refractivity contribution in [3.05, 3.63) is 73.1 Å². The highest BCUT2D eigenvalue weighted by atomic mass is 127. The van der Waals surface area contributed by atoms with Crippen LogP contribution in [0.1, 0.15) is 19.3 Å². The zero-order valence-electron chi connectivity index (χ0n) is 19.4. The van der Waals surface area contributed by atoms with E-state index >= 15 is 0 Å². The van der Waals surface area contributed by atoms with Gasteiger partial charge in [0.2, 0.25) is 11.0 Å². The van der Waals surface area contributed by atoms with Gasteiger partial charge in [0.1, 0.15) is 13.1 Å². The molecule has 0 unspecified atom stereocenters. The van der Waals surface area contributed by atoms with Gasteiger partial charge in [0, 0.05) is 50.2 Å².